The number of fused-ring (bicyclic) bond motifs is 7. The summed E-state index contributed by atoms with van der Waals surface area (Å²) in [6, 6.07) is 28.7. The lowest BCUT2D eigenvalue weighted by atomic mass is 9.77. The third kappa shape index (κ3) is 8.22. The van der Waals surface area contributed by atoms with Gasteiger partial charge in [-0.3, -0.25) is 19.5 Å². The number of phenols is 2. The van der Waals surface area contributed by atoms with Crippen molar-refractivity contribution in [3.8, 4) is 34.1 Å². The molecule has 0 aliphatic carbocycles. The number of esters is 1. The molecule has 10 N–H and O–H groups in total. The topological polar surface area (TPSA) is 228 Å². The van der Waals surface area contributed by atoms with Gasteiger partial charge in [-0.15, -0.1) is 0 Å². The summed E-state index contributed by atoms with van der Waals surface area (Å²) < 4.78 is 17.0. The largest absolute Gasteiger partial charge is 0.508 e. The Kier molecular flexibility index (Phi) is 11.7. The summed E-state index contributed by atoms with van der Waals surface area (Å²) in [5, 5.41) is 32.2. The van der Waals surface area contributed by atoms with E-state index < -0.39 is 11.6 Å². The fraction of sp³-hybridized carbons (Fsp3) is 0.213. The van der Waals surface area contributed by atoms with Crippen molar-refractivity contribution >= 4 is 74.0 Å². The number of ether oxygens (including phenoxy) is 2. The number of hydrogen-bond acceptors (Lipinski definition) is 12. The molecule has 64 heavy (non-hydrogen) atoms. The van der Waals surface area contributed by atoms with E-state index in [0.29, 0.717) is 40.3 Å². The Balaban J connectivity index is 0.829. The molecule has 1 saturated heterocycles. The van der Waals surface area contributed by atoms with Crippen molar-refractivity contribution in [3.05, 3.63) is 142 Å². The molecule has 0 unspecified atom stereocenters. The number of benzene rings is 5. The molecule has 326 valence electrons. The second kappa shape index (κ2) is 17.6. The van der Waals surface area contributed by atoms with E-state index in [2.05, 4.69) is 49.6 Å². The van der Waals surface area contributed by atoms with Gasteiger partial charge in [0, 0.05) is 94.0 Å². The van der Waals surface area contributed by atoms with Crippen LogP contribution in [-0.4, -0.2) is 71.7 Å². The van der Waals surface area contributed by atoms with Crippen molar-refractivity contribution < 1.29 is 29.3 Å². The van der Waals surface area contributed by atoms with Gasteiger partial charge in [0.25, 0.3) is 5.91 Å². The minimum atomic E-state index is -1.39. The molecular formula is C47H44N8O6S3. The molecule has 17 heteroatoms. The SMILES string of the molecule is N=C(N)SC(N)=NCc1ccc2c(-c3cccc(C(N)=S)c3)cn(C3CCN(SCCCNC(=O)c4ccc5c(c4)C(=O)OC54c5ccc(O)cc5Oc5cc(O)ccc54)CC3)c2c1. The van der Waals surface area contributed by atoms with E-state index >= 15 is 0 Å². The number of carbonyl (C=O) groups excluding carboxylic acids is 2. The van der Waals surface area contributed by atoms with E-state index in [4.69, 9.17) is 44.3 Å². The van der Waals surface area contributed by atoms with Gasteiger partial charge in [0.2, 0.25) is 0 Å². The average Bonchev–Trinajstić information content (AvgIpc) is 3.80. The molecule has 4 heterocycles. The summed E-state index contributed by atoms with van der Waals surface area (Å²) in [6.07, 6.45) is 4.87. The van der Waals surface area contributed by atoms with Crippen molar-refractivity contribution in [2.45, 2.75) is 37.5 Å². The number of aliphatic imine (C=N–C) groups is 1. The maximum Gasteiger partial charge on any atom is 0.340 e. The molecule has 0 bridgehead atoms. The summed E-state index contributed by atoms with van der Waals surface area (Å²) >= 11 is 8.00. The third-order valence-electron chi connectivity index (χ3n) is 11.7. The smallest absolute Gasteiger partial charge is 0.340 e. The number of piperidine rings is 1. The monoisotopic (exact) mass is 912 g/mol. The fourth-order valence-corrected chi connectivity index (χ4v) is 10.2. The Labute approximate surface area is 382 Å². The van der Waals surface area contributed by atoms with Crippen molar-refractivity contribution in [1.29, 1.82) is 5.41 Å². The summed E-state index contributed by atoms with van der Waals surface area (Å²) in [5.74, 6) is 0.439. The predicted octanol–water partition coefficient (Wildman–Crippen LogP) is 7.47. The number of carbonyl (C=O) groups is 2. The van der Waals surface area contributed by atoms with E-state index in [1.165, 1.54) is 24.3 Å². The zero-order valence-corrected chi connectivity index (χ0v) is 36.8. The quantitative estimate of drug-likeness (QED) is 0.0167. The average molecular weight is 913 g/mol. The van der Waals surface area contributed by atoms with Crippen LogP contribution in [0.3, 0.4) is 0 Å². The normalized spacial score (nSPS) is 15.6. The molecule has 3 aliphatic heterocycles. The van der Waals surface area contributed by atoms with Gasteiger partial charge in [0.05, 0.1) is 12.1 Å². The van der Waals surface area contributed by atoms with Gasteiger partial charge in [-0.2, -0.15) is 0 Å². The first kappa shape index (κ1) is 42.8. The van der Waals surface area contributed by atoms with Gasteiger partial charge in [-0.1, -0.05) is 60.6 Å². The lowest BCUT2D eigenvalue weighted by Gasteiger charge is -2.36. The number of rotatable bonds is 11. The lowest BCUT2D eigenvalue weighted by Crippen LogP contribution is -2.33. The standard InChI is InChI=1S/C47H44N8O6S3/c48-42(62)28-4-1-3-27(20-28)35-25-55(39-19-26(5-9-33(35)39)24-53-46(51)64-45(49)50)30-13-16-54(17-14-30)63-18-2-15-52-43(58)29-6-10-36-34(21-29)44(59)61-47(36)37-11-7-31(56)22-40(37)60-41-23-32(57)8-12-38(41)47/h1,3-12,19-23,25,30,56-57H,2,13-18,24H2,(H2,48,62)(H3,49,50)(H2,51,53)(H,52,58). The molecule has 1 aromatic heterocycles. The summed E-state index contributed by atoms with van der Waals surface area (Å²) in [4.78, 5) is 31.7. The molecule has 0 atom stereocenters. The summed E-state index contributed by atoms with van der Waals surface area (Å²) in [5.41, 5.74) is 23.3. The Morgan fingerprint density at radius 3 is 2.31 bits per heavy atom. The number of thiocarbonyl (C=S) groups is 1. The highest BCUT2D eigenvalue weighted by molar-refractivity contribution is 8.26. The van der Waals surface area contributed by atoms with Gasteiger partial charge in [0.1, 0.15) is 28.0 Å². The highest BCUT2D eigenvalue weighted by Crippen LogP contribution is 2.57. The molecule has 0 saturated carbocycles. The fourth-order valence-electron chi connectivity index (χ4n) is 8.75. The van der Waals surface area contributed by atoms with Gasteiger partial charge in [-0.05, 0) is 90.7 Å². The highest BCUT2D eigenvalue weighted by atomic mass is 32.2. The number of amides is 1. The molecule has 3 aliphatic rings. The van der Waals surface area contributed by atoms with Gasteiger partial charge in [-0.25, -0.2) is 4.79 Å². The summed E-state index contributed by atoms with van der Waals surface area (Å²) in [6.45, 7) is 2.61. The second-order valence-corrected chi connectivity index (χ2v) is 18.4. The number of thioether (sulfide) groups is 1. The second-order valence-electron chi connectivity index (χ2n) is 15.8. The molecule has 1 amide bonds. The van der Waals surface area contributed by atoms with Crippen LogP contribution in [0.5, 0.6) is 23.0 Å². The van der Waals surface area contributed by atoms with Crippen molar-refractivity contribution in [2.75, 3.05) is 25.4 Å². The molecule has 9 rings (SSSR count). The van der Waals surface area contributed by atoms with Crippen LogP contribution in [0.15, 0.2) is 108 Å². The van der Waals surface area contributed by atoms with Gasteiger partial charge < -0.3 is 46.8 Å². The van der Waals surface area contributed by atoms with E-state index in [1.807, 2.05) is 18.2 Å². The van der Waals surface area contributed by atoms with E-state index in [-0.39, 0.29) is 50.8 Å². The number of aromatic hydroxyl groups is 2. The van der Waals surface area contributed by atoms with Crippen LogP contribution in [0, 0.1) is 5.41 Å². The van der Waals surface area contributed by atoms with Crippen LogP contribution in [0.1, 0.15) is 73.8 Å². The Morgan fingerprint density at radius 1 is 0.891 bits per heavy atom. The van der Waals surface area contributed by atoms with Crippen molar-refractivity contribution in [2.24, 2.45) is 22.2 Å². The van der Waals surface area contributed by atoms with E-state index in [1.54, 1.807) is 42.3 Å². The van der Waals surface area contributed by atoms with Gasteiger partial charge in [0.15, 0.2) is 15.9 Å². The summed E-state index contributed by atoms with van der Waals surface area (Å²) in [7, 11) is 0. The molecule has 5 aromatic carbocycles. The minimum Gasteiger partial charge on any atom is -0.508 e. The first-order valence-electron chi connectivity index (χ1n) is 20.6. The molecular weight excluding hydrogens is 869 g/mol. The van der Waals surface area contributed by atoms with Crippen LogP contribution < -0.4 is 27.3 Å². The van der Waals surface area contributed by atoms with Crippen LogP contribution >= 0.6 is 35.9 Å². The van der Waals surface area contributed by atoms with E-state index in [9.17, 15) is 19.8 Å². The minimum absolute atomic E-state index is 0.0293. The number of nitrogens with one attached hydrogen (secondary N) is 2. The molecule has 1 spiro atoms. The Bertz CT molecular complexity index is 2860. The maximum atomic E-state index is 13.5. The number of phenolic OH excluding ortho intramolecular Hbond substituents is 2. The van der Waals surface area contributed by atoms with E-state index in [0.717, 1.165) is 83.0 Å². The first-order valence-corrected chi connectivity index (χ1v) is 22.8. The number of nitrogens with two attached hydrogens (primary N) is 3. The number of hydrogen-bond donors (Lipinski definition) is 7. The molecule has 0 radical (unpaired) electrons. The Hall–Kier alpha value is -6.53. The molecule has 6 aromatic rings. The van der Waals surface area contributed by atoms with Crippen molar-refractivity contribution in [1.82, 2.24) is 14.2 Å². The first-order chi connectivity index (χ1) is 30.9. The van der Waals surface area contributed by atoms with Crippen LogP contribution in [0.4, 0.5) is 0 Å². The molecule has 1 fully saturated rings. The maximum absolute atomic E-state index is 13.5. The highest BCUT2D eigenvalue weighted by Gasteiger charge is 2.53. The molecule has 14 nitrogen and oxygen atoms in total. The van der Waals surface area contributed by atoms with Crippen LogP contribution in [0.2, 0.25) is 0 Å². The van der Waals surface area contributed by atoms with Gasteiger partial charge >= 0.3 is 5.97 Å². The zero-order chi connectivity index (χ0) is 44.7. The lowest BCUT2D eigenvalue weighted by molar-refractivity contribution is 0.0224. The predicted molar refractivity (Wildman–Crippen MR) is 255 cm³/mol. The Morgan fingerprint density at radius 2 is 1.61 bits per heavy atom. The van der Waals surface area contributed by atoms with Crippen LogP contribution in [0.25, 0.3) is 22.0 Å². The van der Waals surface area contributed by atoms with Crippen molar-refractivity contribution in [3.63, 3.8) is 0 Å². The zero-order valence-electron chi connectivity index (χ0n) is 34.4. The number of aromatic nitrogens is 1. The number of nitrogens with zero attached hydrogens (tertiary/aromatic N) is 3. The third-order valence-corrected chi connectivity index (χ3v) is 13.7. The van der Waals surface area contributed by atoms with Crippen LogP contribution in [-0.2, 0) is 16.9 Å². The number of amidine groups is 2.